The van der Waals surface area contributed by atoms with Gasteiger partial charge in [0.05, 0.1) is 18.3 Å². The van der Waals surface area contributed by atoms with E-state index in [0.29, 0.717) is 12.1 Å². The second-order valence-electron chi connectivity index (χ2n) is 6.39. The molecule has 0 aliphatic heterocycles. The van der Waals surface area contributed by atoms with Crippen molar-refractivity contribution in [1.82, 2.24) is 24.6 Å². The number of benzene rings is 1. The fraction of sp³-hybridized carbons (Fsp3) is 0.316. The third-order valence-electron chi connectivity index (χ3n) is 4.11. The lowest BCUT2D eigenvalue weighted by molar-refractivity contribution is 0.176. The van der Waals surface area contributed by atoms with Crippen molar-refractivity contribution in [3.63, 3.8) is 0 Å². The SMILES string of the molecule is CN(C)CCN(Cc1ccncc1)Cn1ncc2ccccc2c1=O. The minimum absolute atomic E-state index is 0.0531. The van der Waals surface area contributed by atoms with E-state index in [9.17, 15) is 4.79 Å². The lowest BCUT2D eigenvalue weighted by atomic mass is 10.2. The van der Waals surface area contributed by atoms with Gasteiger partial charge in [-0.15, -0.1) is 0 Å². The molecule has 0 aliphatic carbocycles. The third kappa shape index (κ3) is 4.49. The first-order chi connectivity index (χ1) is 12.1. The van der Waals surface area contributed by atoms with Crippen molar-refractivity contribution >= 4 is 10.8 Å². The number of nitrogens with zero attached hydrogens (tertiary/aromatic N) is 5. The molecule has 0 aliphatic rings. The third-order valence-corrected chi connectivity index (χ3v) is 4.11. The van der Waals surface area contributed by atoms with Crippen molar-refractivity contribution < 1.29 is 0 Å². The molecule has 2 aromatic heterocycles. The summed E-state index contributed by atoms with van der Waals surface area (Å²) < 4.78 is 1.54. The van der Waals surface area contributed by atoms with Gasteiger partial charge in [0, 0.05) is 37.4 Å². The number of fused-ring (bicyclic) bond motifs is 1. The highest BCUT2D eigenvalue weighted by atomic mass is 16.1. The Morgan fingerprint density at radius 3 is 2.56 bits per heavy atom. The van der Waals surface area contributed by atoms with E-state index in [0.717, 1.165) is 25.0 Å². The van der Waals surface area contributed by atoms with Gasteiger partial charge in [-0.25, -0.2) is 4.68 Å². The van der Waals surface area contributed by atoms with Crippen LogP contribution in [0, 0.1) is 0 Å². The van der Waals surface area contributed by atoms with Crippen LogP contribution in [0.3, 0.4) is 0 Å². The number of likely N-dealkylation sites (N-methyl/N-ethyl adjacent to an activating group) is 1. The molecular weight excluding hydrogens is 314 g/mol. The molecule has 0 atom stereocenters. The molecule has 0 unspecified atom stereocenters. The highest BCUT2D eigenvalue weighted by Crippen LogP contribution is 2.08. The zero-order valence-corrected chi connectivity index (χ0v) is 14.7. The number of hydrogen-bond donors (Lipinski definition) is 0. The van der Waals surface area contributed by atoms with Crippen LogP contribution in [0.1, 0.15) is 5.56 Å². The van der Waals surface area contributed by atoms with Gasteiger partial charge in [-0.2, -0.15) is 5.10 Å². The molecule has 0 N–H and O–H groups in total. The summed E-state index contributed by atoms with van der Waals surface area (Å²) in [4.78, 5) is 21.1. The highest BCUT2D eigenvalue weighted by Gasteiger charge is 2.11. The van der Waals surface area contributed by atoms with Crippen molar-refractivity contribution in [1.29, 1.82) is 0 Å². The lowest BCUT2D eigenvalue weighted by Gasteiger charge is -2.24. The van der Waals surface area contributed by atoms with Gasteiger partial charge >= 0.3 is 0 Å². The summed E-state index contributed by atoms with van der Waals surface area (Å²) in [6.07, 6.45) is 5.34. The van der Waals surface area contributed by atoms with Crippen LogP contribution in [-0.4, -0.2) is 51.7 Å². The Balaban J connectivity index is 1.84. The van der Waals surface area contributed by atoms with Gasteiger partial charge in [0.15, 0.2) is 0 Å². The van der Waals surface area contributed by atoms with Crippen molar-refractivity contribution in [2.45, 2.75) is 13.2 Å². The zero-order chi connectivity index (χ0) is 17.6. The van der Waals surface area contributed by atoms with Crippen LogP contribution >= 0.6 is 0 Å². The molecule has 0 amide bonds. The quantitative estimate of drug-likeness (QED) is 0.658. The van der Waals surface area contributed by atoms with E-state index in [1.54, 1.807) is 23.3 Å². The topological polar surface area (TPSA) is 54.3 Å². The number of aromatic nitrogens is 3. The minimum atomic E-state index is -0.0531. The van der Waals surface area contributed by atoms with Crippen LogP contribution in [0.25, 0.3) is 10.8 Å². The molecule has 0 fully saturated rings. The Hall–Kier alpha value is -2.57. The first-order valence-corrected chi connectivity index (χ1v) is 8.34. The van der Waals surface area contributed by atoms with Gasteiger partial charge < -0.3 is 4.90 Å². The molecule has 3 aromatic rings. The Labute approximate surface area is 147 Å². The van der Waals surface area contributed by atoms with E-state index in [-0.39, 0.29) is 5.56 Å². The fourth-order valence-corrected chi connectivity index (χ4v) is 2.71. The van der Waals surface area contributed by atoms with Gasteiger partial charge in [0.1, 0.15) is 0 Å². The molecular formula is C19H23N5O. The van der Waals surface area contributed by atoms with Crippen LogP contribution < -0.4 is 5.56 Å². The van der Waals surface area contributed by atoms with E-state index >= 15 is 0 Å². The molecule has 3 rings (SSSR count). The molecule has 6 nitrogen and oxygen atoms in total. The van der Waals surface area contributed by atoms with Crippen molar-refractivity contribution in [3.8, 4) is 0 Å². The molecule has 0 bridgehead atoms. The Morgan fingerprint density at radius 1 is 1.04 bits per heavy atom. The molecule has 0 saturated heterocycles. The molecule has 25 heavy (non-hydrogen) atoms. The van der Waals surface area contributed by atoms with E-state index in [1.165, 1.54) is 5.56 Å². The van der Waals surface area contributed by atoms with Gasteiger partial charge in [-0.1, -0.05) is 18.2 Å². The maximum atomic E-state index is 12.7. The summed E-state index contributed by atoms with van der Waals surface area (Å²) in [5.41, 5.74) is 1.12. The van der Waals surface area contributed by atoms with E-state index in [1.807, 2.05) is 50.5 Å². The summed E-state index contributed by atoms with van der Waals surface area (Å²) in [5, 5.41) is 5.93. The minimum Gasteiger partial charge on any atom is -0.308 e. The average molecular weight is 337 g/mol. The Kier molecular flexibility index (Phi) is 5.53. The van der Waals surface area contributed by atoms with Crippen LogP contribution in [0.2, 0.25) is 0 Å². The summed E-state index contributed by atoms with van der Waals surface area (Å²) >= 11 is 0. The van der Waals surface area contributed by atoms with Gasteiger partial charge in [-0.3, -0.25) is 14.7 Å². The second kappa shape index (κ2) is 8.00. The smallest absolute Gasteiger partial charge is 0.275 e. The van der Waals surface area contributed by atoms with Gasteiger partial charge in [-0.05, 0) is 37.9 Å². The normalized spacial score (nSPS) is 11.5. The van der Waals surface area contributed by atoms with Crippen molar-refractivity contribution in [2.75, 3.05) is 27.2 Å². The van der Waals surface area contributed by atoms with Crippen LogP contribution in [-0.2, 0) is 13.2 Å². The molecule has 130 valence electrons. The summed E-state index contributed by atoms with van der Waals surface area (Å²) in [5.74, 6) is 0. The molecule has 6 heteroatoms. The standard InChI is InChI=1S/C19H23N5O/c1-22(2)11-12-23(14-16-7-9-20-10-8-16)15-24-19(25)18-6-4-3-5-17(18)13-21-24/h3-10,13H,11-12,14-15H2,1-2H3. The Morgan fingerprint density at radius 2 is 1.80 bits per heavy atom. The predicted molar refractivity (Wildman–Crippen MR) is 99.2 cm³/mol. The monoisotopic (exact) mass is 337 g/mol. The van der Waals surface area contributed by atoms with Gasteiger partial charge in [0.2, 0.25) is 0 Å². The summed E-state index contributed by atoms with van der Waals surface area (Å²) in [7, 11) is 4.09. The zero-order valence-electron chi connectivity index (χ0n) is 14.7. The average Bonchev–Trinajstić information content (AvgIpc) is 2.63. The summed E-state index contributed by atoms with van der Waals surface area (Å²) in [6, 6.07) is 11.6. The molecule has 1 aromatic carbocycles. The van der Waals surface area contributed by atoms with Crippen molar-refractivity contribution in [3.05, 3.63) is 70.9 Å². The molecule has 0 spiro atoms. The van der Waals surface area contributed by atoms with Crippen molar-refractivity contribution in [2.24, 2.45) is 0 Å². The van der Waals surface area contributed by atoms with E-state index < -0.39 is 0 Å². The largest absolute Gasteiger partial charge is 0.308 e. The number of hydrogen-bond acceptors (Lipinski definition) is 5. The van der Waals surface area contributed by atoms with E-state index in [2.05, 4.69) is 19.9 Å². The van der Waals surface area contributed by atoms with E-state index in [4.69, 9.17) is 0 Å². The number of rotatable bonds is 7. The summed E-state index contributed by atoms with van der Waals surface area (Å²) in [6.45, 7) is 2.96. The molecule has 0 radical (unpaired) electrons. The first kappa shape index (κ1) is 17.3. The predicted octanol–water partition coefficient (Wildman–Crippen LogP) is 1.81. The van der Waals surface area contributed by atoms with Crippen LogP contribution in [0.4, 0.5) is 0 Å². The maximum Gasteiger partial charge on any atom is 0.275 e. The first-order valence-electron chi connectivity index (χ1n) is 8.34. The highest BCUT2D eigenvalue weighted by molar-refractivity contribution is 5.80. The lowest BCUT2D eigenvalue weighted by Crippen LogP contribution is -2.37. The fourth-order valence-electron chi connectivity index (χ4n) is 2.71. The maximum absolute atomic E-state index is 12.7. The van der Waals surface area contributed by atoms with Crippen LogP contribution in [0.15, 0.2) is 59.8 Å². The Bertz CT molecular complexity index is 876. The second-order valence-corrected chi connectivity index (χ2v) is 6.39. The molecule has 0 saturated carbocycles. The molecule has 2 heterocycles. The van der Waals surface area contributed by atoms with Crippen LogP contribution in [0.5, 0.6) is 0 Å². The number of pyridine rings is 1. The van der Waals surface area contributed by atoms with Gasteiger partial charge in [0.25, 0.3) is 5.56 Å².